The topological polar surface area (TPSA) is 40.9 Å². The van der Waals surface area contributed by atoms with Gasteiger partial charge in [-0.25, -0.2) is 0 Å². The molecule has 0 heterocycles. The van der Waals surface area contributed by atoms with Crippen LogP contribution in [-0.4, -0.2) is 12.0 Å². The van der Waals surface area contributed by atoms with Crippen LogP contribution in [0.4, 0.5) is 0 Å². The summed E-state index contributed by atoms with van der Waals surface area (Å²) >= 11 is 0. The minimum absolute atomic E-state index is 0.343. The Morgan fingerprint density at radius 3 is 2.88 bits per heavy atom. The molecule has 4 saturated carbocycles. The monoisotopic (exact) mass is 323 g/mol. The summed E-state index contributed by atoms with van der Waals surface area (Å²) in [5.74, 6) is 6.01. The quantitative estimate of drug-likeness (QED) is 0.582. The zero-order valence-electron chi connectivity index (χ0n) is 14.7. The third-order valence-corrected chi connectivity index (χ3v) is 8.75. The molecule has 1 N–H and O–H groups in total. The molecule has 1 unspecified atom stereocenters. The summed E-state index contributed by atoms with van der Waals surface area (Å²) in [6.07, 6.45) is 12.8. The molecule has 5 aliphatic carbocycles. The number of hydrogen-bond acceptors (Lipinski definition) is 2. The molecule has 5 rings (SSSR count). The molecule has 0 aromatic rings. The number of fused-ring (bicyclic) bond motifs is 7. The maximum atomic E-state index is 11.9. The van der Waals surface area contributed by atoms with Gasteiger partial charge in [-0.1, -0.05) is 18.6 Å². The third kappa shape index (κ3) is 1.78. The third-order valence-electron chi connectivity index (χ3n) is 8.75. The number of ketones is 1. The average molecular weight is 323 g/mol. The van der Waals surface area contributed by atoms with Gasteiger partial charge in [0.1, 0.15) is 0 Å². The Morgan fingerprint density at radius 1 is 1.29 bits per heavy atom. The van der Waals surface area contributed by atoms with Gasteiger partial charge < -0.3 is 5.41 Å². The second-order valence-electron chi connectivity index (χ2n) is 9.50. The van der Waals surface area contributed by atoms with Crippen LogP contribution >= 0.6 is 0 Å². The standard InChI is InChI=1S/C22H29NO/c1-3-12-8-13-9-14(24)4-5-15(13)16-6-7-22(2)19(11-23)17-10-18(17)21(22)20(12)16/h3,9,11-12,15-21,23H,1,4-8,10H2,2H3/t12-,15-,16+,17-,18+,19-,20+,21?,22+/m0/s1. The lowest BCUT2D eigenvalue weighted by Crippen LogP contribution is -2.51. The van der Waals surface area contributed by atoms with Crippen LogP contribution in [-0.2, 0) is 4.79 Å². The van der Waals surface area contributed by atoms with E-state index in [0.29, 0.717) is 29.0 Å². The molecule has 9 atom stereocenters. The van der Waals surface area contributed by atoms with Gasteiger partial charge in [0.25, 0.3) is 0 Å². The summed E-state index contributed by atoms with van der Waals surface area (Å²) < 4.78 is 0. The molecule has 0 radical (unpaired) electrons. The number of hydrogen-bond donors (Lipinski definition) is 1. The number of carbonyl (C=O) groups is 1. The van der Waals surface area contributed by atoms with E-state index in [9.17, 15) is 4.79 Å². The van der Waals surface area contributed by atoms with E-state index in [1.54, 1.807) is 6.21 Å². The van der Waals surface area contributed by atoms with Gasteiger partial charge in [0.15, 0.2) is 5.78 Å². The van der Waals surface area contributed by atoms with E-state index in [1.165, 1.54) is 24.8 Å². The molecular formula is C22H29NO. The fourth-order valence-electron chi connectivity index (χ4n) is 7.84. The minimum atomic E-state index is 0.343. The maximum absolute atomic E-state index is 11.9. The van der Waals surface area contributed by atoms with Crippen molar-refractivity contribution < 1.29 is 4.79 Å². The molecule has 24 heavy (non-hydrogen) atoms. The van der Waals surface area contributed by atoms with Gasteiger partial charge in [-0.15, -0.1) is 6.58 Å². The van der Waals surface area contributed by atoms with E-state index in [1.807, 2.05) is 6.08 Å². The van der Waals surface area contributed by atoms with Gasteiger partial charge in [0.2, 0.25) is 0 Å². The lowest BCUT2D eigenvalue weighted by atomic mass is 9.47. The summed E-state index contributed by atoms with van der Waals surface area (Å²) in [5.41, 5.74) is 1.79. The van der Waals surface area contributed by atoms with Crippen LogP contribution in [0.1, 0.15) is 45.4 Å². The van der Waals surface area contributed by atoms with Gasteiger partial charge >= 0.3 is 0 Å². The maximum Gasteiger partial charge on any atom is 0.155 e. The van der Waals surface area contributed by atoms with Crippen molar-refractivity contribution in [2.24, 2.45) is 52.8 Å². The zero-order valence-corrected chi connectivity index (χ0v) is 14.7. The van der Waals surface area contributed by atoms with E-state index in [0.717, 1.165) is 48.9 Å². The van der Waals surface area contributed by atoms with Crippen LogP contribution in [0.15, 0.2) is 24.3 Å². The molecule has 0 aliphatic heterocycles. The SMILES string of the molecule is C=C[C@H]1CC2=CC(=O)CC[C@@H]2[C@H]2CC[C@@]3(C)C([C@@H]21)[C@@H]1C[C@@H]1[C@@H]3C=N. The summed E-state index contributed by atoms with van der Waals surface area (Å²) in [5, 5.41) is 8.01. The van der Waals surface area contributed by atoms with Gasteiger partial charge in [-0.2, -0.15) is 0 Å². The van der Waals surface area contributed by atoms with Crippen LogP contribution < -0.4 is 0 Å². The van der Waals surface area contributed by atoms with Crippen LogP contribution in [0.3, 0.4) is 0 Å². The molecule has 4 fully saturated rings. The number of rotatable bonds is 2. The lowest BCUT2D eigenvalue weighted by Gasteiger charge is -2.57. The predicted molar refractivity (Wildman–Crippen MR) is 95.8 cm³/mol. The van der Waals surface area contributed by atoms with E-state index >= 15 is 0 Å². The van der Waals surface area contributed by atoms with Crippen molar-refractivity contribution in [3.05, 3.63) is 24.3 Å². The molecular weight excluding hydrogens is 294 g/mol. The Labute approximate surface area is 145 Å². The molecule has 2 nitrogen and oxygen atoms in total. The molecule has 2 heteroatoms. The number of carbonyl (C=O) groups excluding carboxylic acids is 1. The number of allylic oxidation sites excluding steroid dienone is 2. The first-order valence-electron chi connectivity index (χ1n) is 9.95. The van der Waals surface area contributed by atoms with Crippen LogP contribution in [0, 0.1) is 58.2 Å². The molecule has 0 amide bonds. The summed E-state index contributed by atoms with van der Waals surface area (Å²) in [6.45, 7) is 6.68. The van der Waals surface area contributed by atoms with Crippen molar-refractivity contribution in [1.82, 2.24) is 0 Å². The molecule has 0 bridgehead atoms. The minimum Gasteiger partial charge on any atom is -0.313 e. The Hall–Kier alpha value is -1.18. The molecule has 0 aromatic carbocycles. The molecule has 0 aromatic heterocycles. The normalized spacial score (nSPS) is 54.7. The van der Waals surface area contributed by atoms with Crippen LogP contribution in [0.2, 0.25) is 0 Å². The molecule has 0 saturated heterocycles. The van der Waals surface area contributed by atoms with E-state index in [2.05, 4.69) is 19.6 Å². The highest BCUT2D eigenvalue weighted by molar-refractivity contribution is 5.91. The molecule has 5 aliphatic rings. The van der Waals surface area contributed by atoms with E-state index < -0.39 is 0 Å². The Balaban J connectivity index is 1.55. The van der Waals surface area contributed by atoms with Gasteiger partial charge in [-0.05, 0) is 91.2 Å². The van der Waals surface area contributed by atoms with Crippen LogP contribution in [0.5, 0.6) is 0 Å². The van der Waals surface area contributed by atoms with E-state index in [-0.39, 0.29) is 0 Å². The van der Waals surface area contributed by atoms with Gasteiger partial charge in [0.05, 0.1) is 0 Å². The first kappa shape index (κ1) is 15.1. The average Bonchev–Trinajstić information content (AvgIpc) is 3.28. The largest absolute Gasteiger partial charge is 0.313 e. The van der Waals surface area contributed by atoms with Crippen molar-refractivity contribution in [3.63, 3.8) is 0 Å². The first-order chi connectivity index (χ1) is 11.6. The lowest BCUT2D eigenvalue weighted by molar-refractivity contribution is -0.116. The predicted octanol–water partition coefficient (Wildman–Crippen LogP) is 4.66. The second-order valence-corrected chi connectivity index (χ2v) is 9.50. The van der Waals surface area contributed by atoms with Crippen molar-refractivity contribution in [2.75, 3.05) is 0 Å². The van der Waals surface area contributed by atoms with Crippen LogP contribution in [0.25, 0.3) is 0 Å². The highest BCUT2D eigenvalue weighted by atomic mass is 16.1. The number of nitrogens with one attached hydrogen (secondary N) is 1. The Morgan fingerprint density at radius 2 is 2.12 bits per heavy atom. The van der Waals surface area contributed by atoms with Crippen molar-refractivity contribution in [1.29, 1.82) is 5.41 Å². The van der Waals surface area contributed by atoms with E-state index in [4.69, 9.17) is 5.41 Å². The Bertz CT molecular complexity index is 648. The first-order valence-corrected chi connectivity index (χ1v) is 9.95. The summed E-state index contributed by atoms with van der Waals surface area (Å²) in [4.78, 5) is 11.9. The van der Waals surface area contributed by atoms with Gasteiger partial charge in [-0.3, -0.25) is 4.79 Å². The molecule has 0 spiro atoms. The summed E-state index contributed by atoms with van der Waals surface area (Å²) in [7, 11) is 0. The highest BCUT2D eigenvalue weighted by Gasteiger charge is 2.69. The second kappa shape index (κ2) is 4.93. The smallest absolute Gasteiger partial charge is 0.155 e. The fraction of sp³-hybridized carbons (Fsp3) is 0.727. The van der Waals surface area contributed by atoms with Crippen molar-refractivity contribution in [2.45, 2.75) is 45.4 Å². The summed E-state index contributed by atoms with van der Waals surface area (Å²) in [6, 6.07) is 0. The van der Waals surface area contributed by atoms with Gasteiger partial charge in [0, 0.05) is 12.3 Å². The van der Waals surface area contributed by atoms with Crippen molar-refractivity contribution in [3.8, 4) is 0 Å². The fourth-order valence-corrected chi connectivity index (χ4v) is 7.84. The zero-order chi connectivity index (χ0) is 16.6. The highest BCUT2D eigenvalue weighted by Crippen LogP contribution is 2.74. The van der Waals surface area contributed by atoms with Crippen molar-refractivity contribution >= 4 is 12.0 Å². The molecule has 128 valence electrons. The Kier molecular flexibility index (Phi) is 3.10.